The fourth-order valence-electron chi connectivity index (χ4n) is 3.08. The van der Waals surface area contributed by atoms with E-state index in [9.17, 15) is 0 Å². The van der Waals surface area contributed by atoms with Crippen molar-refractivity contribution < 1.29 is 0 Å². The van der Waals surface area contributed by atoms with Crippen molar-refractivity contribution in [3.05, 3.63) is 108 Å². The highest BCUT2D eigenvalue weighted by atomic mass is 35.5. The fourth-order valence-corrected chi connectivity index (χ4v) is 3.32. The van der Waals surface area contributed by atoms with Crippen molar-refractivity contribution in [3.63, 3.8) is 0 Å². The van der Waals surface area contributed by atoms with Crippen LogP contribution in [0.15, 0.2) is 103 Å². The van der Waals surface area contributed by atoms with Gasteiger partial charge in [-0.3, -0.25) is 0 Å². The first-order chi connectivity index (χ1) is 12.8. The maximum absolute atomic E-state index is 6.36. The van der Waals surface area contributed by atoms with E-state index in [2.05, 4.69) is 66.0 Å². The van der Waals surface area contributed by atoms with E-state index in [-0.39, 0.29) is 0 Å². The zero-order valence-electron chi connectivity index (χ0n) is 14.2. The molecular formula is C24H18ClN. The number of rotatable bonds is 4. The summed E-state index contributed by atoms with van der Waals surface area (Å²) in [4.78, 5) is 0. The van der Waals surface area contributed by atoms with E-state index < -0.39 is 0 Å². The lowest BCUT2D eigenvalue weighted by Gasteiger charge is -2.13. The number of hydrogen-bond donors (Lipinski definition) is 1. The van der Waals surface area contributed by atoms with Crippen molar-refractivity contribution in [2.45, 2.75) is 0 Å². The second-order valence-corrected chi connectivity index (χ2v) is 6.50. The van der Waals surface area contributed by atoms with E-state index in [1.807, 2.05) is 42.5 Å². The van der Waals surface area contributed by atoms with Gasteiger partial charge < -0.3 is 5.32 Å². The molecule has 0 saturated heterocycles. The van der Waals surface area contributed by atoms with Crippen molar-refractivity contribution >= 4 is 23.0 Å². The molecule has 4 aromatic rings. The summed E-state index contributed by atoms with van der Waals surface area (Å²) in [5, 5.41) is 4.32. The molecule has 126 valence electrons. The minimum Gasteiger partial charge on any atom is -0.355 e. The van der Waals surface area contributed by atoms with Crippen LogP contribution in [-0.4, -0.2) is 0 Å². The average Bonchev–Trinajstić information content (AvgIpc) is 2.70. The van der Waals surface area contributed by atoms with Crippen LogP contribution in [0, 0.1) is 0 Å². The highest BCUT2D eigenvalue weighted by molar-refractivity contribution is 6.33. The molecule has 0 bridgehead atoms. The molecular weight excluding hydrogens is 338 g/mol. The largest absolute Gasteiger partial charge is 0.355 e. The predicted octanol–water partition coefficient (Wildman–Crippen LogP) is 7.42. The molecule has 0 aliphatic carbocycles. The maximum atomic E-state index is 6.36. The van der Waals surface area contributed by atoms with Gasteiger partial charge in [0.25, 0.3) is 0 Å². The topological polar surface area (TPSA) is 12.0 Å². The Labute approximate surface area is 158 Å². The lowest BCUT2D eigenvalue weighted by Crippen LogP contribution is -1.93. The van der Waals surface area contributed by atoms with Gasteiger partial charge in [0.2, 0.25) is 0 Å². The smallest absolute Gasteiger partial charge is 0.0484 e. The summed E-state index contributed by atoms with van der Waals surface area (Å²) < 4.78 is 0. The van der Waals surface area contributed by atoms with Gasteiger partial charge in [-0.1, -0.05) is 90.5 Å². The lowest BCUT2D eigenvalue weighted by atomic mass is 10.0. The Bertz CT molecular complexity index is 1020. The summed E-state index contributed by atoms with van der Waals surface area (Å²) >= 11 is 6.36. The fraction of sp³-hybridized carbons (Fsp3) is 0. The molecule has 26 heavy (non-hydrogen) atoms. The molecule has 0 heterocycles. The molecule has 0 radical (unpaired) electrons. The zero-order valence-corrected chi connectivity index (χ0v) is 14.9. The normalized spacial score (nSPS) is 10.5. The molecule has 0 spiro atoms. The second-order valence-electron chi connectivity index (χ2n) is 6.10. The summed E-state index contributed by atoms with van der Waals surface area (Å²) in [7, 11) is 0. The zero-order chi connectivity index (χ0) is 17.8. The molecule has 0 aliphatic rings. The quantitative estimate of drug-likeness (QED) is 0.401. The number of nitrogens with one attached hydrogen (secondary N) is 1. The first kappa shape index (κ1) is 16.4. The van der Waals surface area contributed by atoms with E-state index in [0.29, 0.717) is 0 Å². The van der Waals surface area contributed by atoms with Gasteiger partial charge in [0, 0.05) is 27.5 Å². The Morgan fingerprint density at radius 1 is 0.538 bits per heavy atom. The number of para-hydroxylation sites is 1. The summed E-state index contributed by atoms with van der Waals surface area (Å²) in [6, 6.07) is 35.0. The van der Waals surface area contributed by atoms with Crippen LogP contribution in [0.4, 0.5) is 11.4 Å². The van der Waals surface area contributed by atoms with E-state index in [0.717, 1.165) is 27.5 Å². The average molecular weight is 356 g/mol. The van der Waals surface area contributed by atoms with Crippen LogP contribution in [0.3, 0.4) is 0 Å². The lowest BCUT2D eigenvalue weighted by molar-refractivity contribution is 1.52. The second kappa shape index (κ2) is 7.47. The molecule has 0 saturated carbocycles. The van der Waals surface area contributed by atoms with E-state index in [1.54, 1.807) is 0 Å². The van der Waals surface area contributed by atoms with Gasteiger partial charge in [0.05, 0.1) is 0 Å². The first-order valence-corrected chi connectivity index (χ1v) is 8.95. The number of benzene rings is 4. The van der Waals surface area contributed by atoms with E-state index in [1.165, 1.54) is 11.1 Å². The molecule has 0 aliphatic heterocycles. The van der Waals surface area contributed by atoms with Gasteiger partial charge >= 0.3 is 0 Å². The van der Waals surface area contributed by atoms with Crippen molar-refractivity contribution in [1.29, 1.82) is 0 Å². The summed E-state index contributed by atoms with van der Waals surface area (Å²) in [6.07, 6.45) is 0. The maximum Gasteiger partial charge on any atom is 0.0484 e. The van der Waals surface area contributed by atoms with Crippen molar-refractivity contribution in [1.82, 2.24) is 0 Å². The molecule has 4 aromatic carbocycles. The molecule has 4 rings (SSSR count). The molecule has 0 amide bonds. The Kier molecular flexibility index (Phi) is 4.72. The molecule has 0 unspecified atom stereocenters. The van der Waals surface area contributed by atoms with E-state index in [4.69, 9.17) is 11.6 Å². The van der Waals surface area contributed by atoms with Gasteiger partial charge in [-0.15, -0.1) is 0 Å². The Morgan fingerprint density at radius 3 is 2.00 bits per heavy atom. The van der Waals surface area contributed by atoms with Crippen LogP contribution < -0.4 is 5.32 Å². The van der Waals surface area contributed by atoms with E-state index >= 15 is 0 Å². The van der Waals surface area contributed by atoms with Crippen molar-refractivity contribution in [2.75, 3.05) is 5.32 Å². The number of anilines is 2. The third-order valence-corrected chi connectivity index (χ3v) is 4.67. The summed E-state index contributed by atoms with van der Waals surface area (Å²) in [6.45, 7) is 0. The van der Waals surface area contributed by atoms with Gasteiger partial charge in [-0.2, -0.15) is 0 Å². The molecule has 0 atom stereocenters. The molecule has 0 fully saturated rings. The summed E-state index contributed by atoms with van der Waals surface area (Å²) in [5.41, 5.74) is 6.61. The van der Waals surface area contributed by atoms with Crippen LogP contribution in [0.25, 0.3) is 22.3 Å². The van der Waals surface area contributed by atoms with Crippen molar-refractivity contribution in [2.24, 2.45) is 0 Å². The number of halogens is 1. The van der Waals surface area contributed by atoms with Gasteiger partial charge in [0.15, 0.2) is 0 Å². The van der Waals surface area contributed by atoms with Gasteiger partial charge in [0.1, 0.15) is 0 Å². The molecule has 0 aromatic heterocycles. The predicted molar refractivity (Wildman–Crippen MR) is 112 cm³/mol. The van der Waals surface area contributed by atoms with Gasteiger partial charge in [-0.25, -0.2) is 0 Å². The monoisotopic (exact) mass is 355 g/mol. The van der Waals surface area contributed by atoms with Crippen LogP contribution in [-0.2, 0) is 0 Å². The van der Waals surface area contributed by atoms with Crippen molar-refractivity contribution in [3.8, 4) is 22.3 Å². The molecule has 1 nitrogen and oxygen atoms in total. The molecule has 2 heteroatoms. The minimum atomic E-state index is 0.759. The first-order valence-electron chi connectivity index (χ1n) is 8.58. The van der Waals surface area contributed by atoms with Crippen LogP contribution in [0.1, 0.15) is 0 Å². The minimum absolute atomic E-state index is 0.759. The Hall–Kier alpha value is -3.03. The highest BCUT2D eigenvalue weighted by Gasteiger charge is 2.07. The van der Waals surface area contributed by atoms with Gasteiger partial charge in [-0.05, 0) is 35.4 Å². The summed E-state index contributed by atoms with van der Waals surface area (Å²) in [5.74, 6) is 0. The van der Waals surface area contributed by atoms with Crippen LogP contribution in [0.2, 0.25) is 5.02 Å². The Morgan fingerprint density at radius 2 is 1.19 bits per heavy atom. The van der Waals surface area contributed by atoms with Crippen LogP contribution in [0.5, 0.6) is 0 Å². The Balaban J connectivity index is 1.69. The number of hydrogen-bond acceptors (Lipinski definition) is 1. The third-order valence-electron chi connectivity index (χ3n) is 4.34. The third kappa shape index (κ3) is 3.49. The standard InChI is InChI=1S/C24H18ClN/c25-23-15-6-4-13-21(23)19-11-8-12-20(17-19)26-24-16-7-5-14-22(24)18-9-2-1-3-10-18/h1-17,26H. The SMILES string of the molecule is Clc1ccccc1-c1cccc(Nc2ccccc2-c2ccccc2)c1. The van der Waals surface area contributed by atoms with Crippen LogP contribution >= 0.6 is 11.6 Å². The molecule has 1 N–H and O–H groups in total. The highest BCUT2D eigenvalue weighted by Crippen LogP contribution is 2.33.